The average Bonchev–Trinajstić information content (AvgIpc) is 2.84. The summed E-state index contributed by atoms with van der Waals surface area (Å²) in [6, 6.07) is 0.760. The third-order valence-electron chi connectivity index (χ3n) is 2.97. The van der Waals surface area contributed by atoms with Gasteiger partial charge in [-0.3, -0.25) is 4.90 Å². The van der Waals surface area contributed by atoms with Gasteiger partial charge in [0.25, 0.3) is 0 Å². The molecule has 1 N–H and O–H groups in total. The largest absolute Gasteiger partial charge is 0.389 e. The Morgan fingerprint density at radius 3 is 2.36 bits per heavy atom. The highest BCUT2D eigenvalue weighted by Gasteiger charge is 2.33. The summed E-state index contributed by atoms with van der Waals surface area (Å²) < 4.78 is 0. The van der Waals surface area contributed by atoms with Crippen LogP contribution in [-0.2, 0) is 0 Å². The number of aliphatic hydroxyl groups is 1. The van der Waals surface area contributed by atoms with E-state index in [1.807, 2.05) is 6.92 Å². The topological polar surface area (TPSA) is 23.5 Å². The number of rotatable bonds is 6. The fourth-order valence-corrected chi connectivity index (χ4v) is 1.80. The summed E-state index contributed by atoms with van der Waals surface area (Å²) in [6.07, 6.45) is 3.49. The molecule has 1 atom stereocenters. The smallest absolute Gasteiger partial charge is 0.0743 e. The summed E-state index contributed by atoms with van der Waals surface area (Å²) in [5.41, 5.74) is -0.502. The minimum atomic E-state index is -0.502. The first-order chi connectivity index (χ1) is 6.44. The molecule has 2 nitrogen and oxygen atoms in total. The second kappa shape index (κ2) is 4.63. The van der Waals surface area contributed by atoms with Crippen molar-refractivity contribution in [1.82, 2.24) is 4.90 Å². The van der Waals surface area contributed by atoms with Crippen molar-refractivity contribution >= 4 is 0 Å². The molecule has 1 aliphatic carbocycles. The molecule has 14 heavy (non-hydrogen) atoms. The zero-order valence-electron chi connectivity index (χ0n) is 10.1. The Labute approximate surface area is 88.3 Å². The first-order valence-corrected chi connectivity index (χ1v) is 5.91. The number of hydrogen-bond acceptors (Lipinski definition) is 2. The van der Waals surface area contributed by atoms with E-state index in [-0.39, 0.29) is 0 Å². The van der Waals surface area contributed by atoms with E-state index in [9.17, 15) is 5.11 Å². The van der Waals surface area contributed by atoms with Gasteiger partial charge < -0.3 is 5.11 Å². The molecule has 1 unspecified atom stereocenters. The van der Waals surface area contributed by atoms with Crippen molar-refractivity contribution in [3.05, 3.63) is 0 Å². The number of hydrogen-bond donors (Lipinski definition) is 1. The van der Waals surface area contributed by atoms with E-state index in [1.165, 1.54) is 12.8 Å². The van der Waals surface area contributed by atoms with Gasteiger partial charge in [0.1, 0.15) is 0 Å². The second-order valence-corrected chi connectivity index (χ2v) is 5.40. The van der Waals surface area contributed by atoms with Gasteiger partial charge in [-0.2, -0.15) is 0 Å². The van der Waals surface area contributed by atoms with Gasteiger partial charge in [0.05, 0.1) is 5.60 Å². The predicted octanol–water partition coefficient (Wildman–Crippen LogP) is 2.27. The van der Waals surface area contributed by atoms with E-state index in [1.54, 1.807) is 0 Å². The molecule has 0 aromatic carbocycles. The van der Waals surface area contributed by atoms with E-state index < -0.39 is 5.60 Å². The molecule has 0 saturated heterocycles. The van der Waals surface area contributed by atoms with Crippen LogP contribution in [0, 0.1) is 5.92 Å². The first kappa shape index (κ1) is 12.0. The van der Waals surface area contributed by atoms with Crippen molar-refractivity contribution in [2.75, 3.05) is 13.1 Å². The zero-order valence-corrected chi connectivity index (χ0v) is 10.1. The lowest BCUT2D eigenvalue weighted by molar-refractivity contribution is 0.0105. The summed E-state index contributed by atoms with van der Waals surface area (Å²) in [6.45, 7) is 10.5. The molecule has 1 rings (SSSR count). The standard InChI is InChI=1S/C12H25NO/c1-5-12(4,14)9-13(8-10(2)3)11-6-7-11/h10-11,14H,5-9H2,1-4H3. The summed E-state index contributed by atoms with van der Waals surface area (Å²) in [5, 5.41) is 10.0. The van der Waals surface area contributed by atoms with Crippen LogP contribution in [0.25, 0.3) is 0 Å². The van der Waals surface area contributed by atoms with E-state index in [0.29, 0.717) is 5.92 Å². The van der Waals surface area contributed by atoms with Crippen molar-refractivity contribution < 1.29 is 5.11 Å². The van der Waals surface area contributed by atoms with Crippen molar-refractivity contribution in [2.45, 2.75) is 58.6 Å². The quantitative estimate of drug-likeness (QED) is 0.709. The van der Waals surface area contributed by atoms with E-state index in [0.717, 1.165) is 25.6 Å². The third kappa shape index (κ3) is 3.97. The molecule has 1 saturated carbocycles. The minimum Gasteiger partial charge on any atom is -0.389 e. The Hall–Kier alpha value is -0.0800. The summed E-state index contributed by atoms with van der Waals surface area (Å²) in [4.78, 5) is 2.47. The summed E-state index contributed by atoms with van der Waals surface area (Å²) >= 11 is 0. The molecule has 0 aromatic rings. The highest BCUT2D eigenvalue weighted by Crippen LogP contribution is 2.29. The van der Waals surface area contributed by atoms with Crippen LogP contribution in [0.2, 0.25) is 0 Å². The van der Waals surface area contributed by atoms with Crippen molar-refractivity contribution in [3.63, 3.8) is 0 Å². The van der Waals surface area contributed by atoms with Crippen molar-refractivity contribution in [3.8, 4) is 0 Å². The fourth-order valence-electron chi connectivity index (χ4n) is 1.80. The van der Waals surface area contributed by atoms with Gasteiger partial charge in [-0.05, 0) is 32.1 Å². The van der Waals surface area contributed by atoms with Gasteiger partial charge in [0.2, 0.25) is 0 Å². The third-order valence-corrected chi connectivity index (χ3v) is 2.97. The lowest BCUT2D eigenvalue weighted by Gasteiger charge is -2.32. The van der Waals surface area contributed by atoms with Crippen LogP contribution < -0.4 is 0 Å². The van der Waals surface area contributed by atoms with Gasteiger partial charge >= 0.3 is 0 Å². The summed E-state index contributed by atoms with van der Waals surface area (Å²) in [5.74, 6) is 0.697. The van der Waals surface area contributed by atoms with Crippen LogP contribution in [0.4, 0.5) is 0 Å². The molecule has 84 valence electrons. The molecule has 0 amide bonds. The molecular weight excluding hydrogens is 174 g/mol. The Bertz CT molecular complexity index is 173. The van der Waals surface area contributed by atoms with Crippen LogP contribution in [-0.4, -0.2) is 34.7 Å². The normalized spacial score (nSPS) is 21.6. The van der Waals surface area contributed by atoms with Gasteiger partial charge in [-0.15, -0.1) is 0 Å². The minimum absolute atomic E-state index is 0.502. The maximum atomic E-state index is 10.0. The SMILES string of the molecule is CCC(C)(O)CN(CC(C)C)C1CC1. The van der Waals surface area contributed by atoms with Gasteiger partial charge in [0.15, 0.2) is 0 Å². The lowest BCUT2D eigenvalue weighted by Crippen LogP contribution is -2.43. The van der Waals surface area contributed by atoms with Crippen LogP contribution in [0.5, 0.6) is 0 Å². The molecule has 0 bridgehead atoms. The number of nitrogens with zero attached hydrogens (tertiary/aromatic N) is 1. The molecule has 0 spiro atoms. The molecule has 1 fully saturated rings. The van der Waals surface area contributed by atoms with Gasteiger partial charge in [-0.1, -0.05) is 20.8 Å². The highest BCUT2D eigenvalue weighted by atomic mass is 16.3. The van der Waals surface area contributed by atoms with E-state index in [4.69, 9.17) is 0 Å². The average molecular weight is 199 g/mol. The Balaban J connectivity index is 2.42. The molecule has 0 radical (unpaired) electrons. The molecule has 1 aliphatic rings. The summed E-state index contributed by atoms with van der Waals surface area (Å²) in [7, 11) is 0. The zero-order chi connectivity index (χ0) is 10.8. The second-order valence-electron chi connectivity index (χ2n) is 5.40. The van der Waals surface area contributed by atoms with Crippen molar-refractivity contribution in [2.24, 2.45) is 5.92 Å². The maximum absolute atomic E-state index is 10.0. The van der Waals surface area contributed by atoms with Crippen LogP contribution >= 0.6 is 0 Å². The molecule has 0 heterocycles. The van der Waals surface area contributed by atoms with Crippen LogP contribution in [0.3, 0.4) is 0 Å². The maximum Gasteiger partial charge on any atom is 0.0743 e. The first-order valence-electron chi connectivity index (χ1n) is 5.91. The monoisotopic (exact) mass is 199 g/mol. The predicted molar refractivity (Wildman–Crippen MR) is 60.3 cm³/mol. The molecule has 2 heteroatoms. The van der Waals surface area contributed by atoms with E-state index >= 15 is 0 Å². The molecular formula is C12H25NO. The van der Waals surface area contributed by atoms with Gasteiger partial charge in [0, 0.05) is 19.1 Å². The van der Waals surface area contributed by atoms with Crippen LogP contribution in [0.15, 0.2) is 0 Å². The lowest BCUT2D eigenvalue weighted by atomic mass is 10.0. The molecule has 0 aliphatic heterocycles. The van der Waals surface area contributed by atoms with Gasteiger partial charge in [-0.25, -0.2) is 0 Å². The Morgan fingerprint density at radius 2 is 2.00 bits per heavy atom. The molecule has 0 aromatic heterocycles. The van der Waals surface area contributed by atoms with E-state index in [2.05, 4.69) is 25.7 Å². The highest BCUT2D eigenvalue weighted by molar-refractivity contribution is 4.88. The fraction of sp³-hybridized carbons (Fsp3) is 1.00. The van der Waals surface area contributed by atoms with Crippen LogP contribution in [0.1, 0.15) is 47.0 Å². The van der Waals surface area contributed by atoms with Crippen molar-refractivity contribution in [1.29, 1.82) is 0 Å². The Morgan fingerprint density at radius 1 is 1.43 bits per heavy atom. The Kier molecular flexibility index (Phi) is 3.96.